The summed E-state index contributed by atoms with van der Waals surface area (Å²) in [5.41, 5.74) is 4.54. The molecule has 3 nitrogen and oxygen atoms in total. The van der Waals surface area contributed by atoms with Crippen LogP contribution in [-0.2, 0) is 0 Å². The van der Waals surface area contributed by atoms with E-state index >= 15 is 0 Å². The number of aryl methyl sites for hydroxylation is 1. The SMILES string of the molecule is CNc1ccc(-c2nc3ccc(OC)cc3s2)cc1C. The highest BCUT2D eigenvalue weighted by molar-refractivity contribution is 7.21. The molecule has 0 saturated carbocycles. The van der Waals surface area contributed by atoms with Gasteiger partial charge in [-0.15, -0.1) is 11.3 Å². The second-order valence-electron chi connectivity index (χ2n) is 4.63. The van der Waals surface area contributed by atoms with Gasteiger partial charge in [-0.2, -0.15) is 0 Å². The molecule has 1 N–H and O–H groups in total. The molecule has 0 amide bonds. The van der Waals surface area contributed by atoms with Gasteiger partial charge in [0.05, 0.1) is 17.3 Å². The van der Waals surface area contributed by atoms with E-state index in [1.807, 2.05) is 25.2 Å². The van der Waals surface area contributed by atoms with Crippen molar-refractivity contribution in [1.82, 2.24) is 4.98 Å². The molecule has 1 heterocycles. The number of thiazole rings is 1. The summed E-state index contributed by atoms with van der Waals surface area (Å²) in [6, 6.07) is 12.3. The maximum Gasteiger partial charge on any atom is 0.124 e. The van der Waals surface area contributed by atoms with Crippen molar-refractivity contribution >= 4 is 27.2 Å². The van der Waals surface area contributed by atoms with E-state index in [0.717, 1.165) is 32.2 Å². The molecule has 20 heavy (non-hydrogen) atoms. The van der Waals surface area contributed by atoms with Gasteiger partial charge in [-0.25, -0.2) is 4.98 Å². The second-order valence-corrected chi connectivity index (χ2v) is 5.66. The standard InChI is InChI=1S/C16H16N2OS/c1-10-8-11(4-6-13(10)17-2)16-18-14-7-5-12(19-3)9-15(14)20-16/h4-9,17H,1-3H3. The lowest BCUT2D eigenvalue weighted by molar-refractivity contribution is 0.415. The Labute approximate surface area is 122 Å². The predicted molar refractivity (Wildman–Crippen MR) is 85.9 cm³/mol. The summed E-state index contributed by atoms with van der Waals surface area (Å²) in [6.07, 6.45) is 0. The maximum atomic E-state index is 5.26. The van der Waals surface area contributed by atoms with Gasteiger partial charge >= 0.3 is 0 Å². The van der Waals surface area contributed by atoms with Crippen LogP contribution in [0.1, 0.15) is 5.56 Å². The Hall–Kier alpha value is -2.07. The summed E-state index contributed by atoms with van der Waals surface area (Å²) in [6.45, 7) is 2.10. The molecule has 3 aromatic rings. The fourth-order valence-electron chi connectivity index (χ4n) is 2.23. The molecule has 0 fully saturated rings. The number of nitrogens with one attached hydrogen (secondary N) is 1. The minimum Gasteiger partial charge on any atom is -0.497 e. The van der Waals surface area contributed by atoms with Gasteiger partial charge in [0.25, 0.3) is 0 Å². The Bertz CT molecular complexity index is 764. The number of hydrogen-bond donors (Lipinski definition) is 1. The molecule has 4 heteroatoms. The lowest BCUT2D eigenvalue weighted by atomic mass is 10.1. The molecule has 102 valence electrons. The molecule has 0 saturated heterocycles. The largest absolute Gasteiger partial charge is 0.497 e. The molecule has 0 aliphatic rings. The Morgan fingerprint density at radius 3 is 2.70 bits per heavy atom. The molecule has 0 unspecified atom stereocenters. The third-order valence-electron chi connectivity index (χ3n) is 3.34. The number of aromatic nitrogens is 1. The van der Waals surface area contributed by atoms with Gasteiger partial charge in [0.2, 0.25) is 0 Å². The number of anilines is 1. The number of rotatable bonds is 3. The number of methoxy groups -OCH3 is 1. The minimum atomic E-state index is 0.870. The zero-order valence-electron chi connectivity index (χ0n) is 11.7. The van der Waals surface area contributed by atoms with E-state index in [4.69, 9.17) is 9.72 Å². The molecular weight excluding hydrogens is 268 g/mol. The van der Waals surface area contributed by atoms with Gasteiger partial charge in [0.15, 0.2) is 0 Å². The quantitative estimate of drug-likeness (QED) is 0.777. The first-order valence-corrected chi connectivity index (χ1v) is 7.26. The van der Waals surface area contributed by atoms with Crippen LogP contribution in [0.2, 0.25) is 0 Å². The summed E-state index contributed by atoms with van der Waals surface area (Å²) in [4.78, 5) is 4.70. The molecule has 0 radical (unpaired) electrons. The lowest BCUT2D eigenvalue weighted by Crippen LogP contribution is -1.91. The van der Waals surface area contributed by atoms with E-state index in [1.54, 1.807) is 18.4 Å². The minimum absolute atomic E-state index is 0.870. The van der Waals surface area contributed by atoms with Crippen molar-refractivity contribution in [2.75, 3.05) is 19.5 Å². The van der Waals surface area contributed by atoms with Crippen molar-refractivity contribution < 1.29 is 4.74 Å². The summed E-state index contributed by atoms with van der Waals surface area (Å²) >= 11 is 1.69. The van der Waals surface area contributed by atoms with E-state index in [9.17, 15) is 0 Å². The first-order chi connectivity index (χ1) is 9.71. The first kappa shape index (κ1) is 12.9. The van der Waals surface area contributed by atoms with Crippen molar-refractivity contribution in [3.8, 4) is 16.3 Å². The van der Waals surface area contributed by atoms with Gasteiger partial charge < -0.3 is 10.1 Å². The van der Waals surface area contributed by atoms with Crippen LogP contribution < -0.4 is 10.1 Å². The monoisotopic (exact) mass is 284 g/mol. The molecule has 0 bridgehead atoms. The zero-order valence-corrected chi connectivity index (χ0v) is 12.5. The van der Waals surface area contributed by atoms with E-state index in [0.29, 0.717) is 0 Å². The van der Waals surface area contributed by atoms with Gasteiger partial charge in [0, 0.05) is 18.3 Å². The molecular formula is C16H16N2OS. The van der Waals surface area contributed by atoms with Crippen molar-refractivity contribution in [3.63, 3.8) is 0 Å². The van der Waals surface area contributed by atoms with Crippen LogP contribution in [0, 0.1) is 6.92 Å². The topological polar surface area (TPSA) is 34.2 Å². The smallest absolute Gasteiger partial charge is 0.124 e. The number of benzene rings is 2. The summed E-state index contributed by atoms with van der Waals surface area (Å²) < 4.78 is 6.41. The summed E-state index contributed by atoms with van der Waals surface area (Å²) in [5.74, 6) is 0.870. The number of hydrogen-bond acceptors (Lipinski definition) is 4. The van der Waals surface area contributed by atoms with Gasteiger partial charge in [0.1, 0.15) is 10.8 Å². The summed E-state index contributed by atoms with van der Waals surface area (Å²) in [7, 11) is 3.62. The number of ether oxygens (including phenoxy) is 1. The van der Waals surface area contributed by atoms with E-state index in [2.05, 4.69) is 30.4 Å². The van der Waals surface area contributed by atoms with Crippen LogP contribution in [0.15, 0.2) is 36.4 Å². The highest BCUT2D eigenvalue weighted by atomic mass is 32.1. The van der Waals surface area contributed by atoms with Crippen LogP contribution in [0.5, 0.6) is 5.75 Å². The first-order valence-electron chi connectivity index (χ1n) is 6.44. The van der Waals surface area contributed by atoms with E-state index in [-0.39, 0.29) is 0 Å². The third-order valence-corrected chi connectivity index (χ3v) is 4.41. The lowest BCUT2D eigenvalue weighted by Gasteiger charge is -2.05. The molecule has 0 atom stereocenters. The van der Waals surface area contributed by atoms with Crippen LogP contribution in [0.4, 0.5) is 5.69 Å². The van der Waals surface area contributed by atoms with Crippen molar-refractivity contribution in [1.29, 1.82) is 0 Å². The molecule has 0 aliphatic carbocycles. The highest BCUT2D eigenvalue weighted by Gasteiger charge is 2.08. The molecule has 1 aromatic heterocycles. The average Bonchev–Trinajstić information content (AvgIpc) is 2.89. The Morgan fingerprint density at radius 1 is 1.15 bits per heavy atom. The van der Waals surface area contributed by atoms with Crippen LogP contribution >= 0.6 is 11.3 Å². The molecule has 3 rings (SSSR count). The summed E-state index contributed by atoms with van der Waals surface area (Å²) in [5, 5.41) is 4.22. The van der Waals surface area contributed by atoms with E-state index in [1.165, 1.54) is 5.56 Å². The zero-order chi connectivity index (χ0) is 14.1. The van der Waals surface area contributed by atoms with Crippen molar-refractivity contribution in [2.24, 2.45) is 0 Å². The normalized spacial score (nSPS) is 10.8. The Balaban J connectivity index is 2.07. The van der Waals surface area contributed by atoms with Crippen LogP contribution in [-0.4, -0.2) is 19.1 Å². The van der Waals surface area contributed by atoms with E-state index < -0.39 is 0 Å². The van der Waals surface area contributed by atoms with Crippen molar-refractivity contribution in [3.05, 3.63) is 42.0 Å². The fraction of sp³-hybridized carbons (Fsp3) is 0.188. The predicted octanol–water partition coefficient (Wildman–Crippen LogP) is 4.32. The fourth-order valence-corrected chi connectivity index (χ4v) is 3.22. The third kappa shape index (κ3) is 2.23. The number of fused-ring (bicyclic) bond motifs is 1. The maximum absolute atomic E-state index is 5.26. The second kappa shape index (κ2) is 5.13. The van der Waals surface area contributed by atoms with Crippen LogP contribution in [0.3, 0.4) is 0 Å². The Kier molecular flexibility index (Phi) is 3.32. The van der Waals surface area contributed by atoms with Gasteiger partial charge in [-0.3, -0.25) is 0 Å². The highest BCUT2D eigenvalue weighted by Crippen LogP contribution is 2.33. The molecule has 0 spiro atoms. The number of nitrogens with zero attached hydrogens (tertiary/aromatic N) is 1. The Morgan fingerprint density at radius 2 is 2.00 bits per heavy atom. The molecule has 0 aliphatic heterocycles. The van der Waals surface area contributed by atoms with Crippen LogP contribution in [0.25, 0.3) is 20.8 Å². The molecule has 2 aromatic carbocycles. The van der Waals surface area contributed by atoms with Gasteiger partial charge in [-0.05, 0) is 48.9 Å². The average molecular weight is 284 g/mol. The van der Waals surface area contributed by atoms with Crippen molar-refractivity contribution in [2.45, 2.75) is 6.92 Å². The van der Waals surface area contributed by atoms with Gasteiger partial charge in [-0.1, -0.05) is 0 Å².